The number of ether oxygens (including phenoxy) is 1. The molecule has 1 atom stereocenters. The first-order valence-corrected chi connectivity index (χ1v) is 12.2. The summed E-state index contributed by atoms with van der Waals surface area (Å²) < 4.78 is 31.8. The number of aryl methyl sites for hydroxylation is 1. The van der Waals surface area contributed by atoms with Crippen LogP contribution in [0, 0.1) is 12.3 Å². The molecule has 0 aliphatic carbocycles. The highest BCUT2D eigenvalue weighted by molar-refractivity contribution is 7.89. The first-order chi connectivity index (χ1) is 16.1. The van der Waals surface area contributed by atoms with Crippen molar-refractivity contribution in [2.45, 2.75) is 24.3 Å². The Labute approximate surface area is 199 Å². The molecule has 0 radical (unpaired) electrons. The van der Waals surface area contributed by atoms with Crippen LogP contribution in [-0.4, -0.2) is 49.0 Å². The van der Waals surface area contributed by atoms with E-state index < -0.39 is 34.5 Å². The van der Waals surface area contributed by atoms with Gasteiger partial charge in [-0.15, -0.1) is 10.2 Å². The predicted octanol–water partition coefficient (Wildman–Crippen LogP) is 0.716. The number of amidine groups is 1. The molecule has 3 rings (SSSR count). The molecule has 2 aromatic carbocycles. The van der Waals surface area contributed by atoms with E-state index in [1.165, 1.54) is 6.07 Å². The second-order valence-corrected chi connectivity index (χ2v) is 9.98. The van der Waals surface area contributed by atoms with E-state index in [-0.39, 0.29) is 17.2 Å². The zero-order valence-corrected chi connectivity index (χ0v) is 19.7. The minimum atomic E-state index is -3.89. The molecule has 13 heteroatoms. The summed E-state index contributed by atoms with van der Waals surface area (Å²) in [5.74, 6) is -2.02. The van der Waals surface area contributed by atoms with E-state index in [1.54, 1.807) is 49.4 Å². The lowest BCUT2D eigenvalue weighted by Gasteiger charge is -2.13. The van der Waals surface area contributed by atoms with Crippen LogP contribution in [0.25, 0.3) is 10.6 Å². The number of nitrogen functional groups attached to an aromatic ring is 1. The van der Waals surface area contributed by atoms with Crippen LogP contribution >= 0.6 is 11.3 Å². The molecule has 0 saturated heterocycles. The van der Waals surface area contributed by atoms with Crippen molar-refractivity contribution in [1.82, 2.24) is 14.9 Å². The van der Waals surface area contributed by atoms with Gasteiger partial charge < -0.3 is 16.2 Å². The summed E-state index contributed by atoms with van der Waals surface area (Å²) in [4.78, 5) is 24.3. The van der Waals surface area contributed by atoms with Crippen LogP contribution < -0.4 is 16.2 Å². The largest absolute Gasteiger partial charge is 0.392 e. The lowest BCUT2D eigenvalue weighted by molar-refractivity contribution is -0.160. The summed E-state index contributed by atoms with van der Waals surface area (Å²) in [5.41, 5.74) is 12.9. The molecule has 0 fully saturated rings. The fraction of sp³-hybridized carbons (Fsp3) is 0.190. The Balaban J connectivity index is 1.53. The second kappa shape index (κ2) is 10.6. The molecule has 0 aliphatic rings. The van der Waals surface area contributed by atoms with Crippen molar-refractivity contribution in [3.63, 3.8) is 0 Å². The average Bonchev–Trinajstić information content (AvgIpc) is 3.26. The lowest BCUT2D eigenvalue weighted by atomic mass is 10.1. The van der Waals surface area contributed by atoms with E-state index in [4.69, 9.17) is 21.6 Å². The smallest absolute Gasteiger partial charge is 0.331 e. The van der Waals surface area contributed by atoms with Gasteiger partial charge in [0.1, 0.15) is 28.3 Å². The Bertz CT molecular complexity index is 1320. The van der Waals surface area contributed by atoms with Gasteiger partial charge in [-0.1, -0.05) is 53.8 Å². The molecule has 11 nitrogen and oxygen atoms in total. The number of nitrogens with zero attached hydrogens (tertiary/aromatic N) is 2. The number of benzene rings is 2. The number of esters is 2. The van der Waals surface area contributed by atoms with Crippen LogP contribution in [-0.2, 0) is 30.8 Å². The van der Waals surface area contributed by atoms with Gasteiger partial charge in [0.2, 0.25) is 10.0 Å². The number of rotatable bonds is 9. The Morgan fingerprint density at radius 1 is 1.15 bits per heavy atom. The van der Waals surface area contributed by atoms with Crippen molar-refractivity contribution < 1.29 is 22.7 Å². The molecular formula is C21H22N6O5S2. The Hall–Kier alpha value is -3.52. The van der Waals surface area contributed by atoms with Crippen molar-refractivity contribution in [1.29, 1.82) is 5.41 Å². The van der Waals surface area contributed by atoms with E-state index >= 15 is 0 Å². The second-order valence-electron chi connectivity index (χ2n) is 7.19. The van der Waals surface area contributed by atoms with Gasteiger partial charge in [0.15, 0.2) is 0 Å². The minimum absolute atomic E-state index is 0.0573. The molecule has 1 unspecified atom stereocenters. The monoisotopic (exact) mass is 502 g/mol. The van der Waals surface area contributed by atoms with Crippen LogP contribution in [0.4, 0.5) is 0 Å². The molecular weight excluding hydrogens is 480 g/mol. The topological polar surface area (TPSA) is 191 Å². The maximum absolute atomic E-state index is 12.4. The minimum Gasteiger partial charge on any atom is -0.392 e. The number of nitrogens with two attached hydrogens (primary N) is 2. The number of sulfonamides is 1. The molecule has 3 aromatic rings. The molecule has 0 spiro atoms. The van der Waals surface area contributed by atoms with Gasteiger partial charge in [-0.2, -0.15) is 0 Å². The van der Waals surface area contributed by atoms with Crippen LogP contribution in [0.3, 0.4) is 0 Å². The van der Waals surface area contributed by atoms with E-state index in [1.807, 2.05) is 0 Å². The molecule has 0 saturated carbocycles. The summed E-state index contributed by atoms with van der Waals surface area (Å²) in [6.45, 7) is 1.20. The molecule has 1 aromatic heterocycles. The third-order valence-electron chi connectivity index (χ3n) is 4.60. The van der Waals surface area contributed by atoms with Crippen LogP contribution in [0.2, 0.25) is 0 Å². The molecule has 6 N–H and O–H groups in total. The quantitative estimate of drug-likeness (QED) is 0.141. The lowest BCUT2D eigenvalue weighted by Crippen LogP contribution is -2.44. The highest BCUT2D eigenvalue weighted by atomic mass is 32.2. The third-order valence-corrected chi connectivity index (χ3v) is 7.15. The van der Waals surface area contributed by atoms with Gasteiger partial charge in [-0.05, 0) is 18.6 Å². The zero-order valence-electron chi connectivity index (χ0n) is 18.0. The van der Waals surface area contributed by atoms with E-state index in [9.17, 15) is 18.0 Å². The normalized spacial score (nSPS) is 12.2. The fourth-order valence-corrected chi connectivity index (χ4v) is 4.93. The van der Waals surface area contributed by atoms with Crippen molar-refractivity contribution in [2.75, 3.05) is 6.54 Å². The van der Waals surface area contributed by atoms with Crippen molar-refractivity contribution in [3.8, 4) is 10.6 Å². The summed E-state index contributed by atoms with van der Waals surface area (Å²) in [5, 5.41) is 16.2. The Morgan fingerprint density at radius 2 is 1.82 bits per heavy atom. The number of carbonyl (C=O) groups excluding carboxylic acids is 2. The number of aromatic nitrogens is 2. The van der Waals surface area contributed by atoms with E-state index in [2.05, 4.69) is 14.9 Å². The molecule has 0 amide bonds. The SMILES string of the molecule is Cc1ccccc1S(=O)(=O)NCC(N)C(=O)OC(=O)Cc1nnc(-c2ccc(C(=N)N)cc2)s1. The predicted molar refractivity (Wildman–Crippen MR) is 126 cm³/mol. The number of nitrogens with one attached hydrogen (secondary N) is 2. The first kappa shape index (κ1) is 25.1. The summed E-state index contributed by atoms with van der Waals surface area (Å²) >= 11 is 1.13. The summed E-state index contributed by atoms with van der Waals surface area (Å²) in [7, 11) is -3.89. The van der Waals surface area contributed by atoms with E-state index in [0.717, 1.165) is 16.9 Å². The van der Waals surface area contributed by atoms with Crippen molar-refractivity contribution >= 4 is 39.1 Å². The molecule has 0 bridgehead atoms. The highest BCUT2D eigenvalue weighted by Crippen LogP contribution is 2.24. The van der Waals surface area contributed by atoms with Crippen molar-refractivity contribution in [3.05, 3.63) is 64.7 Å². The number of hydrogen-bond donors (Lipinski definition) is 4. The fourth-order valence-electron chi connectivity index (χ4n) is 2.80. The number of carbonyl (C=O) groups is 2. The van der Waals surface area contributed by atoms with Gasteiger partial charge in [-0.25, -0.2) is 17.9 Å². The van der Waals surface area contributed by atoms with Crippen LogP contribution in [0.5, 0.6) is 0 Å². The summed E-state index contributed by atoms with van der Waals surface area (Å²) in [6.07, 6.45) is -0.309. The maximum Gasteiger partial charge on any atom is 0.331 e. The van der Waals surface area contributed by atoms with Crippen LogP contribution in [0.1, 0.15) is 16.1 Å². The molecule has 0 aliphatic heterocycles. The van der Waals surface area contributed by atoms with Gasteiger partial charge >= 0.3 is 11.9 Å². The number of hydrogen-bond acceptors (Lipinski definition) is 10. The Kier molecular flexibility index (Phi) is 7.83. The molecule has 34 heavy (non-hydrogen) atoms. The summed E-state index contributed by atoms with van der Waals surface area (Å²) in [6, 6.07) is 11.7. The van der Waals surface area contributed by atoms with E-state index in [0.29, 0.717) is 21.1 Å². The van der Waals surface area contributed by atoms with Crippen molar-refractivity contribution in [2.24, 2.45) is 11.5 Å². The van der Waals surface area contributed by atoms with Gasteiger partial charge in [0, 0.05) is 17.7 Å². The molecule has 178 valence electrons. The Morgan fingerprint density at radius 3 is 2.47 bits per heavy atom. The average molecular weight is 503 g/mol. The first-order valence-electron chi connectivity index (χ1n) is 9.89. The highest BCUT2D eigenvalue weighted by Gasteiger charge is 2.24. The standard InChI is InChI=1S/C21H22N6O5S2/c1-12-4-2-3-5-16(12)34(30,31)25-11-15(22)21(29)32-18(28)10-17-26-27-20(33-17)14-8-6-13(7-9-14)19(23)24/h2-9,15,25H,10-11,22H2,1H3,(H3,23,24). The maximum atomic E-state index is 12.4. The zero-order chi connectivity index (χ0) is 24.9. The van der Waals surface area contributed by atoms with Crippen LogP contribution in [0.15, 0.2) is 53.4 Å². The van der Waals surface area contributed by atoms with Gasteiger partial charge in [0.25, 0.3) is 0 Å². The molecule has 1 heterocycles. The van der Waals surface area contributed by atoms with Gasteiger partial charge in [0.05, 0.1) is 4.90 Å². The van der Waals surface area contributed by atoms with Gasteiger partial charge in [-0.3, -0.25) is 10.2 Å². The third kappa shape index (κ3) is 6.29.